The van der Waals surface area contributed by atoms with Crippen molar-refractivity contribution in [3.63, 3.8) is 0 Å². The van der Waals surface area contributed by atoms with Crippen LogP contribution in [0, 0.1) is 5.82 Å². The summed E-state index contributed by atoms with van der Waals surface area (Å²) in [5, 5.41) is 0. The molecule has 126 valence electrons. The SMILES string of the molecule is CC(C)(Oc1cc2c(cc1F)CCC2)C1Cn2ccc(=O)nc2O1. The van der Waals surface area contributed by atoms with E-state index in [2.05, 4.69) is 4.98 Å². The van der Waals surface area contributed by atoms with Gasteiger partial charge in [0.15, 0.2) is 17.7 Å². The summed E-state index contributed by atoms with van der Waals surface area (Å²) in [7, 11) is 0. The van der Waals surface area contributed by atoms with Crippen LogP contribution in [0.3, 0.4) is 0 Å². The minimum Gasteiger partial charge on any atom is -0.481 e. The van der Waals surface area contributed by atoms with Gasteiger partial charge in [0.1, 0.15) is 5.60 Å². The molecular formula is C18H19FN2O3. The highest BCUT2D eigenvalue weighted by Gasteiger charge is 2.39. The smallest absolute Gasteiger partial charge is 0.300 e. The molecule has 0 N–H and O–H groups in total. The Kier molecular flexibility index (Phi) is 3.37. The average molecular weight is 330 g/mol. The topological polar surface area (TPSA) is 53.4 Å². The Hall–Kier alpha value is -2.37. The predicted octanol–water partition coefficient (Wildman–Crippen LogP) is 2.49. The second-order valence-corrected chi connectivity index (χ2v) is 6.92. The molecule has 0 fully saturated rings. The fourth-order valence-corrected chi connectivity index (χ4v) is 3.35. The van der Waals surface area contributed by atoms with Crippen LogP contribution >= 0.6 is 0 Å². The fourth-order valence-electron chi connectivity index (χ4n) is 3.35. The Morgan fingerprint density at radius 2 is 2.08 bits per heavy atom. The van der Waals surface area contributed by atoms with Crippen LogP contribution in [0.4, 0.5) is 4.39 Å². The van der Waals surface area contributed by atoms with Gasteiger partial charge in [-0.2, -0.15) is 4.98 Å². The first-order chi connectivity index (χ1) is 11.4. The molecule has 1 aromatic heterocycles. The normalized spacial score (nSPS) is 18.9. The molecule has 0 saturated carbocycles. The molecule has 1 unspecified atom stereocenters. The van der Waals surface area contributed by atoms with Crippen molar-refractivity contribution in [2.24, 2.45) is 0 Å². The zero-order valence-electron chi connectivity index (χ0n) is 13.7. The molecule has 1 atom stereocenters. The zero-order valence-corrected chi connectivity index (χ0v) is 13.7. The Balaban J connectivity index is 1.57. The van der Waals surface area contributed by atoms with Crippen LogP contribution in [0.1, 0.15) is 31.4 Å². The van der Waals surface area contributed by atoms with Crippen LogP contribution in [-0.2, 0) is 19.4 Å². The maximum Gasteiger partial charge on any atom is 0.300 e. The molecule has 0 bridgehead atoms. The van der Waals surface area contributed by atoms with Crippen molar-refractivity contribution in [1.29, 1.82) is 0 Å². The number of benzene rings is 1. The number of fused-ring (bicyclic) bond motifs is 2. The Morgan fingerprint density at radius 3 is 2.88 bits per heavy atom. The predicted molar refractivity (Wildman–Crippen MR) is 86.0 cm³/mol. The number of hydrogen-bond donors (Lipinski definition) is 0. The Labute approximate surface area is 139 Å². The number of hydrogen-bond acceptors (Lipinski definition) is 4. The summed E-state index contributed by atoms with van der Waals surface area (Å²) in [5.41, 5.74) is 1.12. The summed E-state index contributed by atoms with van der Waals surface area (Å²) in [4.78, 5) is 15.2. The van der Waals surface area contributed by atoms with Crippen LogP contribution in [0.2, 0.25) is 0 Å². The minimum absolute atomic E-state index is 0.252. The first kappa shape index (κ1) is 15.2. The average Bonchev–Trinajstić information content (AvgIpc) is 3.13. The third kappa shape index (κ3) is 2.56. The second kappa shape index (κ2) is 5.33. The summed E-state index contributed by atoms with van der Waals surface area (Å²) in [6, 6.07) is 5.06. The number of rotatable bonds is 3. The second-order valence-electron chi connectivity index (χ2n) is 6.92. The lowest BCUT2D eigenvalue weighted by Gasteiger charge is -2.31. The maximum absolute atomic E-state index is 14.4. The summed E-state index contributed by atoms with van der Waals surface area (Å²) in [6.07, 6.45) is 4.24. The van der Waals surface area contributed by atoms with Crippen molar-refractivity contribution in [1.82, 2.24) is 9.55 Å². The van der Waals surface area contributed by atoms with Gasteiger partial charge in [-0.1, -0.05) is 0 Å². The van der Waals surface area contributed by atoms with E-state index in [0.29, 0.717) is 6.54 Å². The lowest BCUT2D eigenvalue weighted by Crippen LogP contribution is -2.45. The molecule has 0 spiro atoms. The fraction of sp³-hybridized carbons (Fsp3) is 0.444. The molecule has 2 aromatic rings. The molecule has 0 saturated heterocycles. The highest BCUT2D eigenvalue weighted by molar-refractivity contribution is 5.40. The summed E-state index contributed by atoms with van der Waals surface area (Å²) in [6.45, 7) is 4.21. The lowest BCUT2D eigenvalue weighted by atomic mass is 10.0. The van der Waals surface area contributed by atoms with Gasteiger partial charge in [-0.3, -0.25) is 9.36 Å². The molecule has 5 nitrogen and oxygen atoms in total. The molecule has 6 heteroatoms. The van der Waals surface area contributed by atoms with Gasteiger partial charge in [-0.25, -0.2) is 4.39 Å². The van der Waals surface area contributed by atoms with Gasteiger partial charge in [0.2, 0.25) is 0 Å². The molecule has 1 aromatic carbocycles. The van der Waals surface area contributed by atoms with Crippen molar-refractivity contribution < 1.29 is 13.9 Å². The van der Waals surface area contributed by atoms with E-state index < -0.39 is 5.60 Å². The van der Waals surface area contributed by atoms with Gasteiger partial charge in [0, 0.05) is 12.3 Å². The van der Waals surface area contributed by atoms with Crippen LogP contribution < -0.4 is 15.0 Å². The van der Waals surface area contributed by atoms with Crippen LogP contribution in [-0.4, -0.2) is 21.3 Å². The van der Waals surface area contributed by atoms with Gasteiger partial charge < -0.3 is 9.47 Å². The van der Waals surface area contributed by atoms with E-state index in [-0.39, 0.29) is 29.2 Å². The standard InChI is InChI=1S/C18H19FN2O3/c1-18(2,15-10-21-7-6-16(22)20-17(21)23-15)24-14-9-12-5-3-4-11(12)8-13(14)19/h6-9,15H,3-5,10H2,1-2H3. The summed E-state index contributed by atoms with van der Waals surface area (Å²) >= 11 is 0. The number of halogens is 1. The molecule has 0 radical (unpaired) electrons. The molecule has 0 amide bonds. The molecule has 1 aliphatic carbocycles. The lowest BCUT2D eigenvalue weighted by molar-refractivity contribution is -0.00710. The summed E-state index contributed by atoms with van der Waals surface area (Å²) < 4.78 is 27.9. The van der Waals surface area contributed by atoms with Crippen LogP contribution in [0.5, 0.6) is 11.8 Å². The monoisotopic (exact) mass is 330 g/mol. The highest BCUT2D eigenvalue weighted by Crippen LogP contribution is 2.33. The molecule has 2 aliphatic rings. The quantitative estimate of drug-likeness (QED) is 0.868. The van der Waals surface area contributed by atoms with Crippen molar-refractivity contribution in [2.45, 2.75) is 51.4 Å². The van der Waals surface area contributed by atoms with Crippen molar-refractivity contribution >= 4 is 0 Å². The number of aromatic nitrogens is 2. The summed E-state index contributed by atoms with van der Waals surface area (Å²) in [5.74, 6) is -0.0884. The van der Waals surface area contributed by atoms with Crippen molar-refractivity contribution in [2.75, 3.05) is 0 Å². The van der Waals surface area contributed by atoms with Gasteiger partial charge >= 0.3 is 0 Å². The number of nitrogens with zero attached hydrogens (tertiary/aromatic N) is 2. The molecule has 24 heavy (non-hydrogen) atoms. The zero-order chi connectivity index (χ0) is 16.9. The van der Waals surface area contributed by atoms with Gasteiger partial charge in [-0.15, -0.1) is 0 Å². The minimum atomic E-state index is -0.773. The van der Waals surface area contributed by atoms with Gasteiger partial charge in [0.05, 0.1) is 6.54 Å². The number of aryl methyl sites for hydroxylation is 2. The van der Waals surface area contributed by atoms with E-state index in [1.807, 2.05) is 19.9 Å². The molecule has 2 heterocycles. The van der Waals surface area contributed by atoms with E-state index >= 15 is 0 Å². The molecule has 1 aliphatic heterocycles. The largest absolute Gasteiger partial charge is 0.481 e. The van der Waals surface area contributed by atoms with E-state index in [1.165, 1.54) is 6.07 Å². The first-order valence-electron chi connectivity index (χ1n) is 8.17. The van der Waals surface area contributed by atoms with Crippen molar-refractivity contribution in [3.05, 3.63) is 51.7 Å². The molecular weight excluding hydrogens is 311 g/mol. The molecule has 4 rings (SSSR count). The number of ether oxygens (including phenoxy) is 2. The third-order valence-electron chi connectivity index (χ3n) is 4.75. The Morgan fingerprint density at radius 1 is 1.33 bits per heavy atom. The van der Waals surface area contributed by atoms with Gasteiger partial charge in [-0.05, 0) is 56.4 Å². The maximum atomic E-state index is 14.4. The Bertz CT molecular complexity index is 860. The van der Waals surface area contributed by atoms with E-state index in [9.17, 15) is 9.18 Å². The van der Waals surface area contributed by atoms with E-state index in [0.717, 1.165) is 30.4 Å². The first-order valence-corrected chi connectivity index (χ1v) is 8.17. The van der Waals surface area contributed by atoms with Crippen LogP contribution in [0.15, 0.2) is 29.2 Å². The van der Waals surface area contributed by atoms with Gasteiger partial charge in [0.25, 0.3) is 11.6 Å². The third-order valence-corrected chi connectivity index (χ3v) is 4.75. The van der Waals surface area contributed by atoms with E-state index in [4.69, 9.17) is 9.47 Å². The van der Waals surface area contributed by atoms with Crippen LogP contribution in [0.25, 0.3) is 0 Å². The van der Waals surface area contributed by atoms with Crippen molar-refractivity contribution in [3.8, 4) is 11.8 Å². The highest BCUT2D eigenvalue weighted by atomic mass is 19.1. The van der Waals surface area contributed by atoms with E-state index in [1.54, 1.807) is 16.8 Å².